The van der Waals surface area contributed by atoms with Crippen LogP contribution < -0.4 is 14.8 Å². The van der Waals surface area contributed by atoms with Crippen LogP contribution in [0.5, 0.6) is 11.5 Å². The first-order valence-corrected chi connectivity index (χ1v) is 6.64. The third-order valence-electron chi connectivity index (χ3n) is 3.16. The maximum Gasteiger partial charge on any atom is 0.161 e. The molecule has 2 unspecified atom stereocenters. The van der Waals surface area contributed by atoms with Crippen molar-refractivity contribution >= 4 is 0 Å². The average Bonchev–Trinajstić information content (AvgIpc) is 2.68. The molecule has 1 aliphatic rings. The molecular formula is C14H21NO4. The Labute approximate surface area is 113 Å². The monoisotopic (exact) mass is 267 g/mol. The third-order valence-corrected chi connectivity index (χ3v) is 3.16. The van der Waals surface area contributed by atoms with E-state index >= 15 is 0 Å². The molecule has 3 N–H and O–H groups in total. The molecule has 1 aromatic rings. The molecule has 5 nitrogen and oxygen atoms in total. The van der Waals surface area contributed by atoms with Crippen molar-refractivity contribution in [1.29, 1.82) is 0 Å². The molecule has 0 saturated carbocycles. The molecule has 0 spiro atoms. The summed E-state index contributed by atoms with van der Waals surface area (Å²) in [5.41, 5.74) is 0.780. The van der Waals surface area contributed by atoms with E-state index in [0.717, 1.165) is 17.7 Å². The molecule has 1 heterocycles. The van der Waals surface area contributed by atoms with Gasteiger partial charge in [-0.2, -0.15) is 0 Å². The summed E-state index contributed by atoms with van der Waals surface area (Å²) < 4.78 is 11.2. The minimum Gasteiger partial charge on any atom is -0.490 e. The Morgan fingerprint density at radius 1 is 1.26 bits per heavy atom. The minimum atomic E-state index is -0.649. The Hall–Kier alpha value is -1.30. The van der Waals surface area contributed by atoms with Crippen LogP contribution in [0.3, 0.4) is 0 Å². The van der Waals surface area contributed by atoms with Crippen LogP contribution in [0.15, 0.2) is 18.2 Å². The number of hydrogen-bond donors (Lipinski definition) is 3. The zero-order valence-corrected chi connectivity index (χ0v) is 11.1. The van der Waals surface area contributed by atoms with Gasteiger partial charge < -0.3 is 25.0 Å². The van der Waals surface area contributed by atoms with E-state index in [1.165, 1.54) is 0 Å². The molecule has 0 amide bonds. The maximum atomic E-state index is 10.2. The number of aliphatic hydroxyl groups excluding tert-OH is 2. The SMILES string of the molecule is CC(NCCO)C(O)c1ccc2c(c1)OCCCO2. The molecule has 0 aromatic heterocycles. The van der Waals surface area contributed by atoms with Crippen LogP contribution in [0, 0.1) is 0 Å². The van der Waals surface area contributed by atoms with Crippen molar-refractivity contribution in [1.82, 2.24) is 5.32 Å². The average molecular weight is 267 g/mol. The molecule has 1 aliphatic heterocycles. The summed E-state index contributed by atoms with van der Waals surface area (Å²) in [4.78, 5) is 0. The Kier molecular flexibility index (Phi) is 5.01. The minimum absolute atomic E-state index is 0.0538. The van der Waals surface area contributed by atoms with Gasteiger partial charge in [0.05, 0.1) is 25.9 Å². The fourth-order valence-electron chi connectivity index (χ4n) is 2.06. The number of aliphatic hydroxyl groups is 2. The smallest absolute Gasteiger partial charge is 0.161 e. The highest BCUT2D eigenvalue weighted by Crippen LogP contribution is 2.32. The molecule has 0 fully saturated rings. The molecule has 19 heavy (non-hydrogen) atoms. The highest BCUT2D eigenvalue weighted by molar-refractivity contribution is 5.44. The van der Waals surface area contributed by atoms with Gasteiger partial charge in [-0.05, 0) is 24.6 Å². The van der Waals surface area contributed by atoms with Gasteiger partial charge in [0.1, 0.15) is 0 Å². The van der Waals surface area contributed by atoms with Crippen molar-refractivity contribution in [3.63, 3.8) is 0 Å². The number of hydrogen-bond acceptors (Lipinski definition) is 5. The van der Waals surface area contributed by atoms with Crippen LogP contribution in [0.1, 0.15) is 25.0 Å². The van der Waals surface area contributed by atoms with Crippen LogP contribution in [-0.4, -0.2) is 42.6 Å². The van der Waals surface area contributed by atoms with Gasteiger partial charge in [0.15, 0.2) is 11.5 Å². The van der Waals surface area contributed by atoms with E-state index in [-0.39, 0.29) is 12.6 Å². The lowest BCUT2D eigenvalue weighted by atomic mass is 10.0. The van der Waals surface area contributed by atoms with Crippen LogP contribution in [0.4, 0.5) is 0 Å². The van der Waals surface area contributed by atoms with Gasteiger partial charge in [-0.15, -0.1) is 0 Å². The van der Waals surface area contributed by atoms with Crippen LogP contribution in [0.2, 0.25) is 0 Å². The molecule has 0 saturated heterocycles. The standard InChI is InChI=1S/C14H21NO4/c1-10(15-5-6-16)14(17)11-3-4-12-13(9-11)19-8-2-7-18-12/h3-4,9-10,14-17H,2,5-8H2,1H3. The molecule has 0 radical (unpaired) electrons. The van der Waals surface area contributed by atoms with Crippen molar-refractivity contribution in [2.24, 2.45) is 0 Å². The van der Waals surface area contributed by atoms with Crippen molar-refractivity contribution in [2.75, 3.05) is 26.4 Å². The first-order chi connectivity index (χ1) is 9.22. The lowest BCUT2D eigenvalue weighted by molar-refractivity contribution is 0.131. The Morgan fingerprint density at radius 2 is 2.00 bits per heavy atom. The fourth-order valence-corrected chi connectivity index (χ4v) is 2.06. The number of ether oxygens (including phenoxy) is 2. The van der Waals surface area contributed by atoms with Gasteiger partial charge in [-0.1, -0.05) is 6.07 Å². The van der Waals surface area contributed by atoms with Crippen LogP contribution >= 0.6 is 0 Å². The third kappa shape index (κ3) is 3.59. The molecule has 1 aromatic carbocycles. The zero-order chi connectivity index (χ0) is 13.7. The van der Waals surface area contributed by atoms with E-state index in [2.05, 4.69) is 5.32 Å². The highest BCUT2D eigenvalue weighted by atomic mass is 16.5. The van der Waals surface area contributed by atoms with Crippen molar-refractivity contribution in [3.8, 4) is 11.5 Å². The zero-order valence-electron chi connectivity index (χ0n) is 11.1. The molecule has 2 rings (SSSR count). The van der Waals surface area contributed by atoms with Gasteiger partial charge in [-0.3, -0.25) is 0 Å². The molecule has 0 bridgehead atoms. The second-order valence-corrected chi connectivity index (χ2v) is 4.67. The summed E-state index contributed by atoms with van der Waals surface area (Å²) in [6, 6.07) is 5.35. The predicted octanol–water partition coefficient (Wildman–Crippen LogP) is 0.852. The van der Waals surface area contributed by atoms with Crippen molar-refractivity contribution in [3.05, 3.63) is 23.8 Å². The van der Waals surface area contributed by atoms with Crippen LogP contribution in [0.25, 0.3) is 0 Å². The summed E-state index contributed by atoms with van der Waals surface area (Å²) in [6.07, 6.45) is 0.213. The highest BCUT2D eigenvalue weighted by Gasteiger charge is 2.18. The normalized spacial score (nSPS) is 17.6. The molecule has 2 atom stereocenters. The summed E-state index contributed by atoms with van der Waals surface area (Å²) in [7, 11) is 0. The quantitative estimate of drug-likeness (QED) is 0.738. The van der Waals surface area contributed by atoms with E-state index < -0.39 is 6.10 Å². The summed E-state index contributed by atoms with van der Waals surface area (Å²) in [5, 5.41) is 22.1. The predicted molar refractivity (Wildman–Crippen MR) is 71.6 cm³/mol. The number of benzene rings is 1. The summed E-state index contributed by atoms with van der Waals surface area (Å²) in [5.74, 6) is 1.41. The van der Waals surface area contributed by atoms with E-state index in [1.807, 2.05) is 25.1 Å². The lowest BCUT2D eigenvalue weighted by Gasteiger charge is -2.21. The second kappa shape index (κ2) is 6.75. The number of rotatable bonds is 5. The first-order valence-electron chi connectivity index (χ1n) is 6.64. The van der Waals surface area contributed by atoms with Gasteiger partial charge in [0, 0.05) is 19.0 Å². The largest absolute Gasteiger partial charge is 0.490 e. The summed E-state index contributed by atoms with van der Waals surface area (Å²) in [6.45, 7) is 3.68. The number of nitrogens with one attached hydrogen (secondary N) is 1. The Bertz CT molecular complexity index is 410. The van der Waals surface area contributed by atoms with E-state index in [4.69, 9.17) is 14.6 Å². The van der Waals surface area contributed by atoms with Gasteiger partial charge in [-0.25, -0.2) is 0 Å². The van der Waals surface area contributed by atoms with Crippen molar-refractivity contribution < 1.29 is 19.7 Å². The molecular weight excluding hydrogens is 246 g/mol. The Morgan fingerprint density at radius 3 is 2.74 bits per heavy atom. The number of fused-ring (bicyclic) bond motifs is 1. The molecule has 106 valence electrons. The Balaban J connectivity index is 2.09. The summed E-state index contributed by atoms with van der Waals surface area (Å²) >= 11 is 0. The van der Waals surface area contributed by atoms with Crippen molar-refractivity contribution in [2.45, 2.75) is 25.5 Å². The van der Waals surface area contributed by atoms with E-state index in [9.17, 15) is 5.11 Å². The first kappa shape index (κ1) is 14.1. The lowest BCUT2D eigenvalue weighted by Crippen LogP contribution is -2.34. The van der Waals surface area contributed by atoms with Gasteiger partial charge in [0.25, 0.3) is 0 Å². The van der Waals surface area contributed by atoms with E-state index in [1.54, 1.807) is 0 Å². The molecule has 5 heteroatoms. The van der Waals surface area contributed by atoms with Crippen LogP contribution in [-0.2, 0) is 0 Å². The van der Waals surface area contributed by atoms with Gasteiger partial charge in [0.2, 0.25) is 0 Å². The topological polar surface area (TPSA) is 71.0 Å². The fraction of sp³-hybridized carbons (Fsp3) is 0.571. The second-order valence-electron chi connectivity index (χ2n) is 4.67. The molecule has 0 aliphatic carbocycles. The van der Waals surface area contributed by atoms with E-state index in [0.29, 0.717) is 25.5 Å². The van der Waals surface area contributed by atoms with Gasteiger partial charge >= 0.3 is 0 Å². The maximum absolute atomic E-state index is 10.2.